The summed E-state index contributed by atoms with van der Waals surface area (Å²) in [5.41, 5.74) is 4.70. The van der Waals surface area contributed by atoms with Gasteiger partial charge in [0.25, 0.3) is 11.6 Å². The minimum absolute atomic E-state index is 0.0417. The highest BCUT2D eigenvalue weighted by Crippen LogP contribution is 2.21. The first-order valence-electron chi connectivity index (χ1n) is 5.80. The molecule has 0 radical (unpaired) electrons. The Morgan fingerprint density at radius 2 is 2.05 bits per heavy atom. The molecule has 0 fully saturated rings. The minimum atomic E-state index is -1.49. The Bertz CT molecular complexity index is 613. The lowest BCUT2D eigenvalue weighted by Gasteiger charge is -2.13. The second kappa shape index (κ2) is 6.46. The molecule has 0 aromatic heterocycles. The number of benzene rings is 1. The van der Waals surface area contributed by atoms with Gasteiger partial charge in [0.05, 0.1) is 11.3 Å². The molecule has 112 valence electrons. The molecule has 0 unspecified atom stereocenters. The van der Waals surface area contributed by atoms with Crippen LogP contribution in [0.2, 0.25) is 0 Å². The highest BCUT2D eigenvalue weighted by Gasteiger charge is 2.25. The van der Waals surface area contributed by atoms with Gasteiger partial charge in [-0.05, 0) is 13.0 Å². The number of carboxylic acids is 1. The van der Waals surface area contributed by atoms with Gasteiger partial charge < -0.3 is 16.2 Å². The molecule has 9 nitrogen and oxygen atoms in total. The number of carboxylic acid groups (broad SMARTS) is 1. The SMILES string of the molecule is Cc1c(C(=O)N[C@H](CC(N)=O)C(=O)O)cccc1[N+](=O)[O-]. The van der Waals surface area contributed by atoms with Crippen molar-refractivity contribution in [3.63, 3.8) is 0 Å². The largest absolute Gasteiger partial charge is 0.480 e. The molecule has 4 N–H and O–H groups in total. The van der Waals surface area contributed by atoms with Crippen molar-refractivity contribution in [1.82, 2.24) is 5.32 Å². The van der Waals surface area contributed by atoms with Crippen LogP contribution in [-0.4, -0.2) is 33.9 Å². The maximum absolute atomic E-state index is 12.0. The summed E-state index contributed by atoms with van der Waals surface area (Å²) in [6.07, 6.45) is -0.574. The van der Waals surface area contributed by atoms with E-state index in [9.17, 15) is 24.5 Å². The molecule has 1 aromatic rings. The van der Waals surface area contributed by atoms with Gasteiger partial charge in [-0.15, -0.1) is 0 Å². The van der Waals surface area contributed by atoms with Gasteiger partial charge in [0.15, 0.2) is 0 Å². The van der Waals surface area contributed by atoms with Crippen molar-refractivity contribution in [3.05, 3.63) is 39.4 Å². The Kier molecular flexibility index (Phi) is 4.95. The summed E-state index contributed by atoms with van der Waals surface area (Å²) in [4.78, 5) is 43.8. The average Bonchev–Trinajstić information content (AvgIpc) is 2.36. The molecule has 9 heteroatoms. The number of rotatable bonds is 6. The Balaban J connectivity index is 3.03. The zero-order chi connectivity index (χ0) is 16.2. The number of carbonyl (C=O) groups is 3. The van der Waals surface area contributed by atoms with Gasteiger partial charge in [-0.2, -0.15) is 0 Å². The Labute approximate surface area is 118 Å². The molecule has 0 spiro atoms. The summed E-state index contributed by atoms with van der Waals surface area (Å²) in [5, 5.41) is 21.8. The molecular formula is C12H13N3O6. The monoisotopic (exact) mass is 295 g/mol. The van der Waals surface area contributed by atoms with Gasteiger partial charge in [0.2, 0.25) is 5.91 Å². The topological polar surface area (TPSA) is 153 Å². The van der Waals surface area contributed by atoms with Crippen LogP contribution in [0.25, 0.3) is 0 Å². The van der Waals surface area contributed by atoms with E-state index in [0.29, 0.717) is 0 Å². The standard InChI is InChI=1S/C12H13N3O6/c1-6-7(3-2-4-9(6)15(20)21)11(17)14-8(12(18)19)5-10(13)16/h2-4,8H,5H2,1H3,(H2,13,16)(H,14,17)(H,18,19)/t8-/m1/s1. The number of amides is 2. The quantitative estimate of drug-likeness (QED) is 0.494. The third-order valence-corrected chi connectivity index (χ3v) is 2.76. The molecule has 0 saturated heterocycles. The van der Waals surface area contributed by atoms with Crippen LogP contribution < -0.4 is 11.1 Å². The van der Waals surface area contributed by atoms with E-state index in [2.05, 4.69) is 5.32 Å². The van der Waals surface area contributed by atoms with Crippen molar-refractivity contribution in [2.75, 3.05) is 0 Å². The number of aliphatic carboxylic acids is 1. The Hall–Kier alpha value is -2.97. The zero-order valence-electron chi connectivity index (χ0n) is 11.0. The van der Waals surface area contributed by atoms with Crippen LogP contribution in [-0.2, 0) is 9.59 Å². The van der Waals surface area contributed by atoms with Crippen molar-refractivity contribution in [2.24, 2.45) is 5.73 Å². The highest BCUT2D eigenvalue weighted by molar-refractivity contribution is 5.99. The van der Waals surface area contributed by atoms with Gasteiger partial charge >= 0.3 is 5.97 Å². The van der Waals surface area contributed by atoms with Crippen LogP contribution in [0.1, 0.15) is 22.3 Å². The Morgan fingerprint density at radius 3 is 2.52 bits per heavy atom. The fraction of sp³-hybridized carbons (Fsp3) is 0.250. The van der Waals surface area contributed by atoms with Gasteiger partial charge in [0, 0.05) is 17.2 Å². The predicted octanol–water partition coefficient (Wildman–Crippen LogP) is -0.0384. The number of carbonyl (C=O) groups excluding carboxylic acids is 2. The first-order chi connectivity index (χ1) is 9.73. The first-order valence-corrected chi connectivity index (χ1v) is 5.80. The van der Waals surface area contributed by atoms with Crippen LogP contribution in [0.5, 0.6) is 0 Å². The van der Waals surface area contributed by atoms with Crippen molar-refractivity contribution < 1.29 is 24.4 Å². The van der Waals surface area contributed by atoms with E-state index in [1.807, 2.05) is 0 Å². The van der Waals surface area contributed by atoms with E-state index in [4.69, 9.17) is 10.8 Å². The van der Waals surface area contributed by atoms with Crippen LogP contribution in [0.3, 0.4) is 0 Å². The van der Waals surface area contributed by atoms with Crippen LogP contribution in [0, 0.1) is 17.0 Å². The molecule has 2 amide bonds. The summed E-state index contributed by atoms with van der Waals surface area (Å²) >= 11 is 0. The number of hydrogen-bond donors (Lipinski definition) is 3. The fourth-order valence-electron chi connectivity index (χ4n) is 1.70. The van der Waals surface area contributed by atoms with Crippen molar-refractivity contribution in [3.8, 4) is 0 Å². The maximum atomic E-state index is 12.0. The molecular weight excluding hydrogens is 282 g/mol. The number of primary amides is 1. The number of nitrogens with two attached hydrogens (primary N) is 1. The lowest BCUT2D eigenvalue weighted by Crippen LogP contribution is -2.43. The summed E-state index contributed by atoms with van der Waals surface area (Å²) in [6.45, 7) is 1.37. The molecule has 0 saturated carbocycles. The summed E-state index contributed by atoms with van der Waals surface area (Å²) < 4.78 is 0. The van der Waals surface area contributed by atoms with E-state index in [1.165, 1.54) is 25.1 Å². The second-order valence-corrected chi connectivity index (χ2v) is 4.24. The van der Waals surface area contributed by atoms with E-state index < -0.39 is 35.2 Å². The molecule has 1 rings (SSSR count). The number of hydrogen-bond acceptors (Lipinski definition) is 5. The predicted molar refractivity (Wildman–Crippen MR) is 70.5 cm³/mol. The second-order valence-electron chi connectivity index (χ2n) is 4.24. The van der Waals surface area contributed by atoms with E-state index in [1.54, 1.807) is 0 Å². The number of nitro benzene ring substituents is 1. The summed E-state index contributed by atoms with van der Waals surface area (Å²) in [6, 6.07) is 2.36. The number of nitro groups is 1. The van der Waals surface area contributed by atoms with Crippen molar-refractivity contribution in [1.29, 1.82) is 0 Å². The van der Waals surface area contributed by atoms with Gasteiger partial charge in [-0.25, -0.2) is 4.79 Å². The third-order valence-electron chi connectivity index (χ3n) is 2.76. The maximum Gasteiger partial charge on any atom is 0.326 e. The van der Waals surface area contributed by atoms with Gasteiger partial charge in [-0.1, -0.05) is 6.07 Å². The van der Waals surface area contributed by atoms with E-state index >= 15 is 0 Å². The number of nitrogens with one attached hydrogen (secondary N) is 1. The molecule has 21 heavy (non-hydrogen) atoms. The van der Waals surface area contributed by atoms with Gasteiger partial charge in [0.1, 0.15) is 6.04 Å². The van der Waals surface area contributed by atoms with E-state index in [-0.39, 0.29) is 16.8 Å². The number of nitrogens with zero attached hydrogens (tertiary/aromatic N) is 1. The fourth-order valence-corrected chi connectivity index (χ4v) is 1.70. The van der Waals surface area contributed by atoms with Crippen LogP contribution in [0.15, 0.2) is 18.2 Å². The average molecular weight is 295 g/mol. The lowest BCUT2D eigenvalue weighted by molar-refractivity contribution is -0.385. The van der Waals surface area contributed by atoms with Crippen molar-refractivity contribution in [2.45, 2.75) is 19.4 Å². The molecule has 0 bridgehead atoms. The molecule has 0 heterocycles. The normalized spacial score (nSPS) is 11.5. The molecule has 1 atom stereocenters. The van der Waals surface area contributed by atoms with E-state index in [0.717, 1.165) is 0 Å². The minimum Gasteiger partial charge on any atom is -0.480 e. The van der Waals surface area contributed by atoms with Gasteiger partial charge in [-0.3, -0.25) is 19.7 Å². The molecule has 0 aliphatic rings. The smallest absolute Gasteiger partial charge is 0.326 e. The molecule has 1 aromatic carbocycles. The zero-order valence-corrected chi connectivity index (χ0v) is 11.0. The van der Waals surface area contributed by atoms with Crippen LogP contribution in [0.4, 0.5) is 5.69 Å². The first kappa shape index (κ1) is 16.1. The summed E-state index contributed by atoms with van der Waals surface area (Å²) in [5.74, 6) is -3.14. The third kappa shape index (κ3) is 4.00. The lowest BCUT2D eigenvalue weighted by atomic mass is 10.1. The molecule has 0 aliphatic heterocycles. The summed E-state index contributed by atoms with van der Waals surface area (Å²) in [7, 11) is 0. The Morgan fingerprint density at radius 1 is 1.43 bits per heavy atom. The molecule has 0 aliphatic carbocycles. The van der Waals surface area contributed by atoms with Crippen molar-refractivity contribution >= 4 is 23.5 Å². The highest BCUT2D eigenvalue weighted by atomic mass is 16.6. The van der Waals surface area contributed by atoms with Crippen LogP contribution >= 0.6 is 0 Å².